The van der Waals surface area contributed by atoms with Crippen LogP contribution < -0.4 is 20.1 Å². The van der Waals surface area contributed by atoms with E-state index in [1.165, 1.54) is 0 Å². The minimum absolute atomic E-state index is 0.0624. The fraction of sp³-hybridized carbons (Fsp3) is 0.409. The summed E-state index contributed by atoms with van der Waals surface area (Å²) in [6.07, 6.45) is 0.803. The molecule has 0 heterocycles. The zero-order chi connectivity index (χ0) is 21.4. The molecule has 0 aliphatic rings. The third-order valence-corrected chi connectivity index (χ3v) is 4.60. The van der Waals surface area contributed by atoms with Crippen molar-refractivity contribution in [2.75, 3.05) is 20.3 Å². The van der Waals surface area contributed by atoms with Crippen molar-refractivity contribution in [3.05, 3.63) is 57.6 Å². The molecule has 5 nitrogen and oxygen atoms in total. The number of ether oxygens (including phenoxy) is 2. The zero-order valence-electron chi connectivity index (χ0n) is 17.3. The third kappa shape index (κ3) is 8.13. The number of halogens is 2. The fourth-order valence-corrected chi connectivity index (χ4v) is 3.22. The average Bonchev–Trinajstić information content (AvgIpc) is 2.64. The number of amides is 1. The van der Waals surface area contributed by atoms with Crippen LogP contribution in [0.3, 0.4) is 0 Å². The summed E-state index contributed by atoms with van der Waals surface area (Å²) in [5.74, 6) is 0.952. The summed E-state index contributed by atoms with van der Waals surface area (Å²) in [7, 11) is 1.58. The summed E-state index contributed by atoms with van der Waals surface area (Å²) < 4.78 is 11.0. The van der Waals surface area contributed by atoms with E-state index in [1.807, 2.05) is 51.1 Å². The molecule has 0 aliphatic carbocycles. The number of carbonyl (C=O) groups is 1. The van der Waals surface area contributed by atoms with Gasteiger partial charge in [0.2, 0.25) is 0 Å². The van der Waals surface area contributed by atoms with E-state index in [1.54, 1.807) is 13.2 Å². The topological polar surface area (TPSA) is 59.6 Å². The van der Waals surface area contributed by atoms with Gasteiger partial charge in [-0.2, -0.15) is 0 Å². The molecule has 2 aromatic rings. The molecule has 0 atom stereocenters. The monoisotopic (exact) mass is 438 g/mol. The van der Waals surface area contributed by atoms with Crippen LogP contribution in [0.15, 0.2) is 36.4 Å². The summed E-state index contributed by atoms with van der Waals surface area (Å²) in [5, 5.41) is 7.56. The molecule has 2 rings (SSSR count). The second-order valence-corrected chi connectivity index (χ2v) is 8.58. The Kier molecular flexibility index (Phi) is 8.62. The van der Waals surface area contributed by atoms with Crippen LogP contribution in [0.2, 0.25) is 10.0 Å². The van der Waals surface area contributed by atoms with Crippen LogP contribution in [0.1, 0.15) is 31.9 Å². The Balaban J connectivity index is 1.85. The van der Waals surface area contributed by atoms with Crippen molar-refractivity contribution in [2.45, 2.75) is 39.3 Å². The van der Waals surface area contributed by atoms with Crippen LogP contribution >= 0.6 is 23.2 Å². The molecule has 0 bridgehead atoms. The van der Waals surface area contributed by atoms with Gasteiger partial charge in [-0.3, -0.25) is 4.79 Å². The molecule has 2 N–H and O–H groups in total. The summed E-state index contributed by atoms with van der Waals surface area (Å²) in [5.41, 5.74) is 1.81. The lowest BCUT2D eigenvalue weighted by Crippen LogP contribution is -2.43. The summed E-state index contributed by atoms with van der Waals surface area (Å²) in [6.45, 7) is 7.16. The Labute approximate surface area is 182 Å². The highest BCUT2D eigenvalue weighted by molar-refractivity contribution is 6.35. The number of hydrogen-bond acceptors (Lipinski definition) is 4. The second kappa shape index (κ2) is 10.7. The highest BCUT2D eigenvalue weighted by Crippen LogP contribution is 2.28. The molecule has 0 unspecified atom stereocenters. The van der Waals surface area contributed by atoms with E-state index >= 15 is 0 Å². The van der Waals surface area contributed by atoms with E-state index in [4.69, 9.17) is 32.7 Å². The van der Waals surface area contributed by atoms with Crippen molar-refractivity contribution >= 4 is 29.1 Å². The first kappa shape index (κ1) is 23.3. The van der Waals surface area contributed by atoms with E-state index < -0.39 is 0 Å². The molecule has 0 aromatic heterocycles. The minimum Gasteiger partial charge on any atom is -0.493 e. The largest absolute Gasteiger partial charge is 0.493 e. The lowest BCUT2D eigenvalue weighted by molar-refractivity contribution is -0.124. The predicted molar refractivity (Wildman–Crippen MR) is 118 cm³/mol. The van der Waals surface area contributed by atoms with Gasteiger partial charge >= 0.3 is 0 Å². The maximum Gasteiger partial charge on any atom is 0.258 e. The van der Waals surface area contributed by atoms with Crippen LogP contribution in [-0.2, 0) is 17.8 Å². The molecular weight excluding hydrogens is 411 g/mol. The highest BCUT2D eigenvalue weighted by atomic mass is 35.5. The van der Waals surface area contributed by atoms with Crippen LogP contribution in [0.25, 0.3) is 0 Å². The first-order valence-electron chi connectivity index (χ1n) is 9.43. The first-order chi connectivity index (χ1) is 13.7. The Morgan fingerprint density at radius 3 is 2.48 bits per heavy atom. The van der Waals surface area contributed by atoms with Gasteiger partial charge in [0.1, 0.15) is 0 Å². The van der Waals surface area contributed by atoms with Gasteiger partial charge in [0.05, 0.1) is 7.11 Å². The SMILES string of the molecule is COc1cc(CNCCc2ccc(Cl)cc2Cl)ccc1OCC(=O)NC(C)(C)C. The molecule has 2 aromatic carbocycles. The van der Waals surface area contributed by atoms with Crippen molar-refractivity contribution < 1.29 is 14.3 Å². The molecule has 158 valence electrons. The first-order valence-corrected chi connectivity index (χ1v) is 10.2. The molecule has 29 heavy (non-hydrogen) atoms. The lowest BCUT2D eigenvalue weighted by atomic mass is 10.1. The zero-order valence-corrected chi connectivity index (χ0v) is 18.8. The standard InChI is InChI=1S/C22H28Cl2N2O3/c1-22(2,3)26-21(27)14-29-19-8-5-15(11-20(19)28-4)13-25-10-9-16-6-7-17(23)12-18(16)24/h5-8,11-12,25H,9-10,13-14H2,1-4H3,(H,26,27). The third-order valence-electron chi connectivity index (χ3n) is 4.02. The number of carbonyl (C=O) groups excluding carboxylic acids is 1. The van der Waals surface area contributed by atoms with Gasteiger partial charge in [0, 0.05) is 22.1 Å². The predicted octanol–water partition coefficient (Wildman–Crippen LogP) is 4.63. The molecule has 1 amide bonds. The van der Waals surface area contributed by atoms with E-state index in [9.17, 15) is 4.79 Å². The summed E-state index contributed by atoms with van der Waals surface area (Å²) in [4.78, 5) is 11.9. The molecule has 0 saturated heterocycles. The molecule has 0 spiro atoms. The molecule has 7 heteroatoms. The molecule has 0 radical (unpaired) electrons. The van der Waals surface area contributed by atoms with E-state index in [-0.39, 0.29) is 18.1 Å². The number of benzene rings is 2. The van der Waals surface area contributed by atoms with Gasteiger partial charge < -0.3 is 20.1 Å². The normalized spacial score (nSPS) is 11.2. The van der Waals surface area contributed by atoms with Gasteiger partial charge in [-0.05, 0) is 69.1 Å². The van der Waals surface area contributed by atoms with Crippen molar-refractivity contribution in [2.24, 2.45) is 0 Å². The smallest absolute Gasteiger partial charge is 0.258 e. The second-order valence-electron chi connectivity index (χ2n) is 7.73. The highest BCUT2D eigenvalue weighted by Gasteiger charge is 2.15. The maximum atomic E-state index is 11.9. The quantitative estimate of drug-likeness (QED) is 0.560. The number of rotatable bonds is 9. The van der Waals surface area contributed by atoms with E-state index in [0.29, 0.717) is 28.1 Å². The van der Waals surface area contributed by atoms with Crippen molar-refractivity contribution in [3.8, 4) is 11.5 Å². The maximum absolute atomic E-state index is 11.9. The van der Waals surface area contributed by atoms with Gasteiger partial charge in [0.15, 0.2) is 18.1 Å². The van der Waals surface area contributed by atoms with Crippen LogP contribution in [0, 0.1) is 0 Å². The molecule has 0 saturated carbocycles. The van der Waals surface area contributed by atoms with Crippen LogP contribution in [-0.4, -0.2) is 31.7 Å². The number of methoxy groups -OCH3 is 1. The average molecular weight is 439 g/mol. The summed E-state index contributed by atoms with van der Waals surface area (Å²) >= 11 is 12.1. The minimum atomic E-state index is -0.295. The van der Waals surface area contributed by atoms with Gasteiger partial charge in [-0.15, -0.1) is 0 Å². The Bertz CT molecular complexity index is 835. The summed E-state index contributed by atoms with van der Waals surface area (Å²) in [6, 6.07) is 11.2. The number of hydrogen-bond donors (Lipinski definition) is 2. The van der Waals surface area contributed by atoms with Crippen molar-refractivity contribution in [3.63, 3.8) is 0 Å². The van der Waals surface area contributed by atoms with Crippen LogP contribution in [0.4, 0.5) is 0 Å². The Morgan fingerprint density at radius 2 is 1.83 bits per heavy atom. The van der Waals surface area contributed by atoms with Gasteiger partial charge in [0.25, 0.3) is 5.91 Å². The molecular formula is C22H28Cl2N2O3. The molecule has 0 aliphatic heterocycles. The molecule has 0 fully saturated rings. The van der Waals surface area contributed by atoms with E-state index in [0.717, 1.165) is 24.1 Å². The van der Waals surface area contributed by atoms with E-state index in [2.05, 4.69) is 10.6 Å². The van der Waals surface area contributed by atoms with Gasteiger partial charge in [-0.25, -0.2) is 0 Å². The van der Waals surface area contributed by atoms with Crippen molar-refractivity contribution in [1.82, 2.24) is 10.6 Å². The fourth-order valence-electron chi connectivity index (χ4n) is 2.72. The lowest BCUT2D eigenvalue weighted by Gasteiger charge is -2.20. The Morgan fingerprint density at radius 1 is 1.07 bits per heavy atom. The number of nitrogens with one attached hydrogen (secondary N) is 2. The van der Waals surface area contributed by atoms with Crippen LogP contribution in [0.5, 0.6) is 11.5 Å². The van der Waals surface area contributed by atoms with Crippen molar-refractivity contribution in [1.29, 1.82) is 0 Å². The Hall–Kier alpha value is -1.95. The van der Waals surface area contributed by atoms with Gasteiger partial charge in [-0.1, -0.05) is 35.3 Å².